The highest BCUT2D eigenvalue weighted by Gasteiger charge is 2.30. The lowest BCUT2D eigenvalue weighted by Crippen LogP contribution is -2.28. The first-order chi connectivity index (χ1) is 23.7. The Morgan fingerprint density at radius 1 is 0.920 bits per heavy atom. The first kappa shape index (κ1) is 37.3. The fourth-order valence-electron chi connectivity index (χ4n) is 7.12. The molecule has 3 N–H and O–H groups in total. The van der Waals surface area contributed by atoms with E-state index in [9.17, 15) is 13.2 Å². The second kappa shape index (κ2) is 16.0. The number of nitrogens with one attached hydrogen (secondary N) is 2. The zero-order valence-corrected chi connectivity index (χ0v) is 31.1. The highest BCUT2D eigenvalue weighted by Crippen LogP contribution is 2.43. The Morgan fingerprint density at radius 2 is 1.56 bits per heavy atom. The number of carbonyl (C=O) groups excluding carboxylic acids is 1. The van der Waals surface area contributed by atoms with E-state index >= 15 is 0 Å². The van der Waals surface area contributed by atoms with Crippen LogP contribution in [0.4, 0.5) is 5.69 Å². The van der Waals surface area contributed by atoms with E-state index in [-0.39, 0.29) is 12.5 Å². The second-order valence-electron chi connectivity index (χ2n) is 14.8. The summed E-state index contributed by atoms with van der Waals surface area (Å²) in [6.45, 7) is 13.5. The van der Waals surface area contributed by atoms with Crippen LogP contribution in [0.25, 0.3) is 11.1 Å². The minimum absolute atomic E-state index is 0.0479. The second-order valence-corrected chi connectivity index (χ2v) is 16.8. The molecule has 0 spiro atoms. The van der Waals surface area contributed by atoms with E-state index in [0.717, 1.165) is 50.1 Å². The summed E-state index contributed by atoms with van der Waals surface area (Å²) >= 11 is 6.18. The summed E-state index contributed by atoms with van der Waals surface area (Å²) in [6.07, 6.45) is 5.64. The van der Waals surface area contributed by atoms with Crippen LogP contribution in [0.3, 0.4) is 0 Å². The van der Waals surface area contributed by atoms with Gasteiger partial charge in [0.15, 0.2) is 0 Å². The third-order valence-electron chi connectivity index (χ3n) is 10.2. The molecular formula is C42H49ClN2O4S. The molecule has 1 atom stereocenters. The quantitative estimate of drug-likeness (QED) is 0.127. The van der Waals surface area contributed by atoms with Crippen LogP contribution >= 0.6 is 11.6 Å². The summed E-state index contributed by atoms with van der Waals surface area (Å²) in [5.74, 6) is 0.380. The highest BCUT2D eigenvalue weighted by molar-refractivity contribution is 7.85. The molecule has 0 radical (unpaired) electrons. The lowest BCUT2D eigenvalue weighted by Gasteiger charge is -2.37. The van der Waals surface area contributed by atoms with Gasteiger partial charge in [-0.3, -0.25) is 9.35 Å². The molecule has 1 saturated carbocycles. The number of aryl methyl sites for hydroxylation is 1. The van der Waals surface area contributed by atoms with Gasteiger partial charge in [-0.25, -0.2) is 0 Å². The molecular weight excluding hydrogens is 664 g/mol. The first-order valence-corrected chi connectivity index (χ1v) is 19.4. The molecule has 8 heteroatoms. The molecule has 50 heavy (non-hydrogen) atoms. The average Bonchev–Trinajstić information content (AvgIpc) is 3.07. The van der Waals surface area contributed by atoms with Crippen LogP contribution in [0, 0.1) is 18.3 Å². The van der Waals surface area contributed by atoms with Crippen molar-refractivity contribution >= 4 is 33.3 Å². The Bertz CT molecular complexity index is 1890. The standard InChI is InChI=1S/C42H49ClN2O4S/c1-28-26-37(43)20-23-39(28)33-16-21-38(22-17-33)45-29(2)40(27-30-6-8-35(9-7-30)41(46)44-24-25-50(47,48)49)34-12-10-31(11-13-34)32-14-18-36(19-15-32)42(3,4)5/h6-13,16-17,20-23,26,32,36,40,45H,2,14-15,18-19,24-25,27H2,1,3-5H3,(H,44,46)(H,47,48,49)/t32?,36?,40-/m0/s1. The zero-order valence-electron chi connectivity index (χ0n) is 29.5. The summed E-state index contributed by atoms with van der Waals surface area (Å²) < 4.78 is 31.0. The van der Waals surface area contributed by atoms with Crippen LogP contribution in [-0.4, -0.2) is 31.2 Å². The van der Waals surface area contributed by atoms with E-state index in [1.165, 1.54) is 31.2 Å². The van der Waals surface area contributed by atoms with Gasteiger partial charge in [-0.15, -0.1) is 0 Å². The summed E-state index contributed by atoms with van der Waals surface area (Å²) in [5.41, 5.74) is 9.55. The van der Waals surface area contributed by atoms with Gasteiger partial charge in [-0.05, 0) is 126 Å². The van der Waals surface area contributed by atoms with Crippen molar-refractivity contribution in [2.45, 2.75) is 71.6 Å². The third-order valence-corrected chi connectivity index (χ3v) is 11.1. The van der Waals surface area contributed by atoms with E-state index in [4.69, 9.17) is 16.2 Å². The van der Waals surface area contributed by atoms with Crippen LogP contribution in [0.15, 0.2) is 103 Å². The Hall–Kier alpha value is -3.91. The van der Waals surface area contributed by atoms with Crippen LogP contribution in [-0.2, 0) is 16.5 Å². The van der Waals surface area contributed by atoms with Gasteiger partial charge in [-0.1, -0.05) is 93.5 Å². The molecule has 0 aromatic heterocycles. The number of allylic oxidation sites excluding steroid dienone is 1. The van der Waals surface area contributed by atoms with E-state index in [1.54, 1.807) is 12.1 Å². The van der Waals surface area contributed by atoms with Crippen molar-refractivity contribution in [3.63, 3.8) is 0 Å². The summed E-state index contributed by atoms with van der Waals surface area (Å²) in [4.78, 5) is 12.6. The SMILES string of the molecule is C=C(Nc1ccc(-c2ccc(Cl)cc2C)cc1)[C@H](Cc1ccc(C(=O)NCCS(=O)(=O)O)cc1)c1ccc(C2CCC(C(C)(C)C)CC2)cc1. The molecule has 4 aromatic carbocycles. The molecule has 1 amide bonds. The lowest BCUT2D eigenvalue weighted by atomic mass is 9.68. The number of hydrogen-bond donors (Lipinski definition) is 3. The van der Waals surface area contributed by atoms with Gasteiger partial charge < -0.3 is 10.6 Å². The summed E-state index contributed by atoms with van der Waals surface area (Å²) in [6, 6.07) is 30.6. The largest absolute Gasteiger partial charge is 0.359 e. The molecule has 264 valence electrons. The maximum absolute atomic E-state index is 12.6. The topological polar surface area (TPSA) is 95.5 Å². The van der Waals surface area contributed by atoms with Gasteiger partial charge in [0.1, 0.15) is 0 Å². The molecule has 5 rings (SSSR count). The minimum Gasteiger partial charge on any atom is -0.359 e. The van der Waals surface area contributed by atoms with Crippen molar-refractivity contribution in [2.24, 2.45) is 11.3 Å². The van der Waals surface area contributed by atoms with Gasteiger partial charge in [0, 0.05) is 34.4 Å². The third kappa shape index (κ3) is 10.1. The van der Waals surface area contributed by atoms with Gasteiger partial charge >= 0.3 is 0 Å². The molecule has 0 heterocycles. The molecule has 0 aliphatic heterocycles. The maximum atomic E-state index is 12.6. The maximum Gasteiger partial charge on any atom is 0.266 e. The number of carbonyl (C=O) groups is 1. The highest BCUT2D eigenvalue weighted by atomic mass is 35.5. The molecule has 1 fully saturated rings. The Labute approximate surface area is 303 Å². The van der Waals surface area contributed by atoms with Crippen LogP contribution in [0.2, 0.25) is 5.02 Å². The average molecular weight is 713 g/mol. The molecule has 0 unspecified atom stereocenters. The van der Waals surface area contributed by atoms with Crippen molar-refractivity contribution in [3.05, 3.63) is 136 Å². The molecule has 6 nitrogen and oxygen atoms in total. The molecule has 0 saturated heterocycles. The van der Waals surface area contributed by atoms with E-state index < -0.39 is 21.8 Å². The number of hydrogen-bond acceptors (Lipinski definition) is 4. The van der Waals surface area contributed by atoms with Crippen molar-refractivity contribution < 1.29 is 17.8 Å². The summed E-state index contributed by atoms with van der Waals surface area (Å²) in [7, 11) is -4.15. The molecule has 1 aliphatic rings. The van der Waals surface area contributed by atoms with Gasteiger partial charge in [0.2, 0.25) is 0 Å². The Balaban J connectivity index is 1.33. The fourth-order valence-corrected chi connectivity index (χ4v) is 7.70. The van der Waals surface area contributed by atoms with E-state index in [0.29, 0.717) is 23.3 Å². The number of anilines is 1. The van der Waals surface area contributed by atoms with Crippen molar-refractivity contribution in [1.82, 2.24) is 5.32 Å². The number of benzene rings is 4. The smallest absolute Gasteiger partial charge is 0.266 e. The normalized spacial score (nSPS) is 17.2. The van der Waals surface area contributed by atoms with Crippen molar-refractivity contribution in [1.29, 1.82) is 0 Å². The summed E-state index contributed by atoms with van der Waals surface area (Å²) in [5, 5.41) is 6.84. The van der Waals surface area contributed by atoms with Crippen LogP contribution in [0.1, 0.15) is 90.9 Å². The predicted octanol–water partition coefficient (Wildman–Crippen LogP) is 10.2. The van der Waals surface area contributed by atoms with E-state index in [2.05, 4.69) is 93.4 Å². The van der Waals surface area contributed by atoms with Crippen molar-refractivity contribution in [2.75, 3.05) is 17.6 Å². The minimum atomic E-state index is -4.15. The van der Waals surface area contributed by atoms with Crippen LogP contribution in [0.5, 0.6) is 0 Å². The Morgan fingerprint density at radius 3 is 2.14 bits per heavy atom. The number of amides is 1. The molecule has 1 aliphatic carbocycles. The lowest BCUT2D eigenvalue weighted by molar-refractivity contribution is 0.0956. The first-order valence-electron chi connectivity index (χ1n) is 17.4. The molecule has 4 aromatic rings. The number of rotatable bonds is 12. The van der Waals surface area contributed by atoms with Gasteiger partial charge in [-0.2, -0.15) is 8.42 Å². The monoisotopic (exact) mass is 712 g/mol. The predicted molar refractivity (Wildman–Crippen MR) is 207 cm³/mol. The number of halogens is 1. The van der Waals surface area contributed by atoms with Crippen LogP contribution < -0.4 is 10.6 Å². The fraction of sp³-hybridized carbons (Fsp3) is 0.357. The molecule has 0 bridgehead atoms. The van der Waals surface area contributed by atoms with Gasteiger partial charge in [0.25, 0.3) is 16.0 Å². The Kier molecular flexibility index (Phi) is 11.9. The zero-order chi connectivity index (χ0) is 36.1. The van der Waals surface area contributed by atoms with Gasteiger partial charge in [0.05, 0.1) is 5.75 Å². The van der Waals surface area contributed by atoms with E-state index in [1.807, 2.05) is 30.3 Å². The van der Waals surface area contributed by atoms with Crippen molar-refractivity contribution in [3.8, 4) is 11.1 Å².